The number of hydrogen-bond acceptors (Lipinski definition) is 2. The SMILES string of the molecule is C=CC[C@@H](N)c1ccc(NCc2ccccc2)cc1.Cl. The molecule has 0 spiro atoms. The predicted octanol–water partition coefficient (Wildman–Crippen LogP) is 4.30. The molecule has 2 aromatic carbocycles. The molecule has 0 saturated carbocycles. The van der Waals surface area contributed by atoms with Crippen LogP contribution in [0.25, 0.3) is 0 Å². The van der Waals surface area contributed by atoms with Crippen LogP contribution in [0, 0.1) is 0 Å². The summed E-state index contributed by atoms with van der Waals surface area (Å²) in [7, 11) is 0. The Bertz CT molecular complexity index is 508. The van der Waals surface area contributed by atoms with E-state index in [1.165, 1.54) is 5.56 Å². The van der Waals surface area contributed by atoms with E-state index in [-0.39, 0.29) is 18.4 Å². The number of halogens is 1. The van der Waals surface area contributed by atoms with E-state index < -0.39 is 0 Å². The summed E-state index contributed by atoms with van der Waals surface area (Å²) < 4.78 is 0. The van der Waals surface area contributed by atoms with E-state index in [9.17, 15) is 0 Å². The van der Waals surface area contributed by atoms with Crippen molar-refractivity contribution in [2.24, 2.45) is 5.73 Å². The summed E-state index contributed by atoms with van der Waals surface area (Å²) in [6.45, 7) is 4.55. The molecule has 0 aliphatic rings. The maximum atomic E-state index is 6.03. The van der Waals surface area contributed by atoms with Crippen LogP contribution in [0.4, 0.5) is 5.69 Å². The van der Waals surface area contributed by atoms with E-state index in [1.807, 2.05) is 12.1 Å². The molecule has 1 atom stereocenters. The molecule has 0 amide bonds. The van der Waals surface area contributed by atoms with E-state index in [0.717, 1.165) is 24.2 Å². The molecule has 2 rings (SSSR count). The van der Waals surface area contributed by atoms with Gasteiger partial charge in [0.05, 0.1) is 0 Å². The highest BCUT2D eigenvalue weighted by molar-refractivity contribution is 5.85. The van der Waals surface area contributed by atoms with Gasteiger partial charge in [0, 0.05) is 18.3 Å². The fraction of sp³-hybridized carbons (Fsp3) is 0.176. The van der Waals surface area contributed by atoms with Crippen LogP contribution in [0.1, 0.15) is 23.6 Å². The maximum Gasteiger partial charge on any atom is 0.0400 e. The molecule has 0 unspecified atom stereocenters. The second-order valence-electron chi connectivity index (χ2n) is 4.59. The third kappa shape index (κ3) is 4.72. The second-order valence-corrected chi connectivity index (χ2v) is 4.59. The van der Waals surface area contributed by atoms with Gasteiger partial charge in [-0.25, -0.2) is 0 Å². The van der Waals surface area contributed by atoms with Gasteiger partial charge < -0.3 is 11.1 Å². The Morgan fingerprint density at radius 2 is 1.70 bits per heavy atom. The Kier molecular flexibility index (Phi) is 6.85. The zero-order valence-electron chi connectivity index (χ0n) is 11.5. The highest BCUT2D eigenvalue weighted by Crippen LogP contribution is 2.17. The molecular weight excluding hydrogens is 268 g/mol. The smallest absolute Gasteiger partial charge is 0.0400 e. The standard InChI is InChI=1S/C17H20N2.ClH/c1-2-6-17(18)15-9-11-16(12-10-15)19-13-14-7-4-3-5-8-14;/h2-5,7-12,17,19H,1,6,13,18H2;1H/t17-;/m1./s1. The van der Waals surface area contributed by atoms with Gasteiger partial charge in [-0.15, -0.1) is 19.0 Å². The summed E-state index contributed by atoms with van der Waals surface area (Å²) in [5.74, 6) is 0. The first-order valence-corrected chi connectivity index (χ1v) is 6.54. The molecular formula is C17H21ClN2. The number of benzene rings is 2. The second kappa shape index (κ2) is 8.41. The lowest BCUT2D eigenvalue weighted by atomic mass is 10.0. The van der Waals surface area contributed by atoms with Crippen molar-refractivity contribution in [2.45, 2.75) is 19.0 Å². The fourth-order valence-corrected chi connectivity index (χ4v) is 1.96. The van der Waals surface area contributed by atoms with Crippen LogP contribution in [-0.2, 0) is 6.54 Å². The Hall–Kier alpha value is -1.77. The van der Waals surface area contributed by atoms with E-state index in [4.69, 9.17) is 5.73 Å². The summed E-state index contributed by atoms with van der Waals surface area (Å²) in [6.07, 6.45) is 2.66. The first-order chi connectivity index (χ1) is 9.29. The average molecular weight is 289 g/mol. The Labute approximate surface area is 127 Å². The van der Waals surface area contributed by atoms with Crippen molar-refractivity contribution in [1.29, 1.82) is 0 Å². The largest absolute Gasteiger partial charge is 0.381 e. The van der Waals surface area contributed by atoms with Gasteiger partial charge in [-0.3, -0.25) is 0 Å². The van der Waals surface area contributed by atoms with Gasteiger partial charge in [-0.1, -0.05) is 48.5 Å². The number of rotatable bonds is 6. The first kappa shape index (κ1) is 16.3. The third-order valence-corrected chi connectivity index (χ3v) is 3.10. The Morgan fingerprint density at radius 3 is 2.30 bits per heavy atom. The first-order valence-electron chi connectivity index (χ1n) is 6.54. The topological polar surface area (TPSA) is 38.0 Å². The van der Waals surface area contributed by atoms with E-state index >= 15 is 0 Å². The number of nitrogens with two attached hydrogens (primary N) is 1. The lowest BCUT2D eigenvalue weighted by Crippen LogP contribution is -2.09. The summed E-state index contributed by atoms with van der Waals surface area (Å²) in [5.41, 5.74) is 9.56. The van der Waals surface area contributed by atoms with Gasteiger partial charge in [0.25, 0.3) is 0 Å². The van der Waals surface area contributed by atoms with Gasteiger partial charge in [0.15, 0.2) is 0 Å². The van der Waals surface area contributed by atoms with Crippen LogP contribution in [0.2, 0.25) is 0 Å². The maximum absolute atomic E-state index is 6.03. The zero-order valence-corrected chi connectivity index (χ0v) is 12.3. The third-order valence-electron chi connectivity index (χ3n) is 3.10. The molecule has 0 radical (unpaired) electrons. The molecule has 3 N–H and O–H groups in total. The lowest BCUT2D eigenvalue weighted by Gasteiger charge is -2.11. The monoisotopic (exact) mass is 288 g/mol. The van der Waals surface area contributed by atoms with Gasteiger partial charge in [0.2, 0.25) is 0 Å². The van der Waals surface area contributed by atoms with Crippen LogP contribution >= 0.6 is 12.4 Å². The minimum atomic E-state index is 0. The molecule has 2 nitrogen and oxygen atoms in total. The van der Waals surface area contributed by atoms with Crippen molar-refractivity contribution in [3.63, 3.8) is 0 Å². The number of nitrogens with one attached hydrogen (secondary N) is 1. The minimum Gasteiger partial charge on any atom is -0.381 e. The van der Waals surface area contributed by atoms with Gasteiger partial charge in [-0.05, 0) is 29.7 Å². The van der Waals surface area contributed by atoms with Gasteiger partial charge in [0.1, 0.15) is 0 Å². The molecule has 0 aliphatic carbocycles. The van der Waals surface area contributed by atoms with Crippen molar-refractivity contribution in [1.82, 2.24) is 0 Å². The molecule has 0 fully saturated rings. The quantitative estimate of drug-likeness (QED) is 0.778. The van der Waals surface area contributed by atoms with Gasteiger partial charge in [-0.2, -0.15) is 0 Å². The van der Waals surface area contributed by atoms with Crippen molar-refractivity contribution in [3.05, 3.63) is 78.4 Å². The molecule has 0 bridgehead atoms. The van der Waals surface area contributed by atoms with Crippen LogP contribution in [0.3, 0.4) is 0 Å². The van der Waals surface area contributed by atoms with E-state index in [1.54, 1.807) is 0 Å². The Balaban J connectivity index is 0.00000200. The van der Waals surface area contributed by atoms with Crippen molar-refractivity contribution >= 4 is 18.1 Å². The molecule has 3 heteroatoms. The molecule has 20 heavy (non-hydrogen) atoms. The molecule has 0 saturated heterocycles. The zero-order chi connectivity index (χ0) is 13.5. The van der Waals surface area contributed by atoms with Crippen LogP contribution < -0.4 is 11.1 Å². The van der Waals surface area contributed by atoms with Crippen LogP contribution in [0.5, 0.6) is 0 Å². The summed E-state index contributed by atoms with van der Waals surface area (Å²) >= 11 is 0. The van der Waals surface area contributed by atoms with Crippen molar-refractivity contribution < 1.29 is 0 Å². The highest BCUT2D eigenvalue weighted by Gasteiger charge is 2.03. The molecule has 0 aromatic heterocycles. The molecule has 0 aliphatic heterocycles. The highest BCUT2D eigenvalue weighted by atomic mass is 35.5. The van der Waals surface area contributed by atoms with E-state index in [0.29, 0.717) is 0 Å². The average Bonchev–Trinajstić information content (AvgIpc) is 2.47. The number of anilines is 1. The molecule has 0 heterocycles. The van der Waals surface area contributed by atoms with Crippen molar-refractivity contribution in [3.8, 4) is 0 Å². The summed E-state index contributed by atoms with van der Waals surface area (Å²) in [4.78, 5) is 0. The number of hydrogen-bond donors (Lipinski definition) is 2. The van der Waals surface area contributed by atoms with Crippen LogP contribution in [-0.4, -0.2) is 0 Å². The van der Waals surface area contributed by atoms with E-state index in [2.05, 4.69) is 60.4 Å². The Morgan fingerprint density at radius 1 is 1.05 bits per heavy atom. The normalized spacial score (nSPS) is 11.2. The molecule has 2 aromatic rings. The fourth-order valence-electron chi connectivity index (χ4n) is 1.96. The predicted molar refractivity (Wildman–Crippen MR) is 89.2 cm³/mol. The summed E-state index contributed by atoms with van der Waals surface area (Å²) in [5, 5.41) is 3.40. The summed E-state index contributed by atoms with van der Waals surface area (Å²) in [6, 6.07) is 18.7. The molecule has 106 valence electrons. The van der Waals surface area contributed by atoms with Crippen molar-refractivity contribution in [2.75, 3.05) is 5.32 Å². The van der Waals surface area contributed by atoms with Crippen LogP contribution in [0.15, 0.2) is 67.3 Å². The lowest BCUT2D eigenvalue weighted by molar-refractivity contribution is 0.742. The van der Waals surface area contributed by atoms with Gasteiger partial charge >= 0.3 is 0 Å². The minimum absolute atomic E-state index is 0.